The van der Waals surface area contributed by atoms with Gasteiger partial charge in [0.25, 0.3) is 6.71 Å². The van der Waals surface area contributed by atoms with E-state index in [1.807, 2.05) is 36.4 Å². The van der Waals surface area contributed by atoms with Gasteiger partial charge in [-0.1, -0.05) is 181 Å². The lowest BCUT2D eigenvalue weighted by Gasteiger charge is -2.40. The van der Waals surface area contributed by atoms with E-state index in [9.17, 15) is 0 Å². The summed E-state index contributed by atoms with van der Waals surface area (Å²) in [6, 6.07) is 120. The Hall–Kier alpha value is -12.7. The van der Waals surface area contributed by atoms with E-state index in [2.05, 4.69) is 344 Å². The van der Waals surface area contributed by atoms with Gasteiger partial charge >= 0.3 is 0 Å². The van der Waals surface area contributed by atoms with Gasteiger partial charge < -0.3 is 37.6 Å². The molecule has 0 spiro atoms. The quantitative estimate of drug-likeness (QED) is 0.120. The Kier molecular flexibility index (Phi) is 13.5. The lowest BCUT2D eigenvalue weighted by Crippen LogP contribution is -2.60. The van der Waals surface area contributed by atoms with Crippen LogP contribution in [-0.2, 0) is 0 Å². The Morgan fingerprint density at radius 2 is 0.776 bits per heavy atom. The molecule has 2 aliphatic rings. The summed E-state index contributed by atoms with van der Waals surface area (Å²) in [4.78, 5) is 9.31. The van der Waals surface area contributed by atoms with E-state index >= 15 is 0 Å². The predicted molar refractivity (Wildman–Crippen MR) is 410 cm³/mol. The van der Waals surface area contributed by atoms with Gasteiger partial charge in [-0.05, 0) is 186 Å². The van der Waals surface area contributed by atoms with Gasteiger partial charge in [-0.2, -0.15) is 0 Å². The van der Waals surface area contributed by atoms with Crippen molar-refractivity contribution in [2.45, 2.75) is 0 Å². The third-order valence-corrected chi connectivity index (χ3v) is 19.8. The number of para-hydroxylation sites is 8. The molecule has 8 nitrogen and oxygen atoms in total. The standard InChI is InChI=1S/C44H28BN3O.C44H30ClN3O/c1-4-12-30(13-5-1)47(31-14-6-2-7-15-31)33-21-23-36-39(28-33)48(32-16-8-3-9-17-32)38-24-20-29-26-27-46-37-25-22-35-34-18-10-11-19-40(34)49-44(35)42(37)45(36)41(38)43(29)46;45-43-40(26-23-31-27-28-46(44(31)43)35-24-25-39-38-21-10-11-22-41(38)49-42(39)30-35)48(34-17-8-3-9-18-34)37-20-12-19-36(29-37)47(32-13-4-1-5-14-32)33-15-6-2-7-16-33/h1-28H;1-30H. The fraction of sp³-hybridized carbons (Fsp3) is 0. The third kappa shape index (κ3) is 9.30. The first-order valence-electron chi connectivity index (χ1n) is 33.1. The number of nitrogens with zero attached hydrogens (tertiary/aromatic N) is 6. The Morgan fingerprint density at radius 3 is 1.41 bits per heavy atom. The molecular weight excluding hydrogens is 1220 g/mol. The zero-order valence-electron chi connectivity index (χ0n) is 52.9. The molecule has 6 heterocycles. The summed E-state index contributed by atoms with van der Waals surface area (Å²) < 4.78 is 17.6. The van der Waals surface area contributed by atoms with Crippen molar-refractivity contribution in [1.29, 1.82) is 0 Å². The van der Waals surface area contributed by atoms with E-state index in [1.54, 1.807) is 0 Å². The van der Waals surface area contributed by atoms with E-state index in [-0.39, 0.29) is 6.71 Å². The maximum absolute atomic E-state index is 7.51. The summed E-state index contributed by atoms with van der Waals surface area (Å²) >= 11 is 7.51. The summed E-state index contributed by atoms with van der Waals surface area (Å²) in [6.07, 6.45) is 4.30. The maximum atomic E-state index is 7.51. The number of hydrogen-bond acceptors (Lipinski definition) is 6. The molecule has 0 bridgehead atoms. The van der Waals surface area contributed by atoms with Crippen molar-refractivity contribution in [2.24, 2.45) is 0 Å². The molecular formula is C88H58BClN6O2. The zero-order valence-corrected chi connectivity index (χ0v) is 53.7. The maximum Gasteiger partial charge on any atom is 0.257 e. The van der Waals surface area contributed by atoms with Crippen LogP contribution in [0, 0.1) is 0 Å². The fourth-order valence-electron chi connectivity index (χ4n) is 15.2. The van der Waals surface area contributed by atoms with Crippen molar-refractivity contribution in [3.8, 4) is 11.4 Å². The van der Waals surface area contributed by atoms with Gasteiger partial charge in [-0.25, -0.2) is 0 Å². The number of anilines is 12. The molecule has 0 saturated carbocycles. The van der Waals surface area contributed by atoms with Crippen LogP contribution < -0.4 is 36.0 Å². The topological polar surface area (TPSA) is 49.1 Å². The average molecular weight is 1280 g/mol. The molecule has 0 radical (unpaired) electrons. The minimum atomic E-state index is -0.0220. The number of furan rings is 2. The highest BCUT2D eigenvalue weighted by Crippen LogP contribution is 2.48. The average Bonchev–Trinajstić information content (AvgIpc) is 1.25. The molecule has 98 heavy (non-hydrogen) atoms. The van der Waals surface area contributed by atoms with E-state index in [0.717, 1.165) is 123 Å². The molecule has 0 amide bonds. The summed E-state index contributed by atoms with van der Waals surface area (Å²) in [5, 5.41) is 7.46. The van der Waals surface area contributed by atoms with Gasteiger partial charge in [0, 0.05) is 119 Å². The SMILES string of the molecule is Clc1c(N(c2ccccc2)c2cccc(N(c3ccccc3)c3ccccc3)c2)ccc2ccn(-c3ccc4c(c3)oc3ccccc34)c12.c1ccc(N(c2ccccc2)c2ccc3c(c2)N(c2ccccc2)c2ccc4ccn5c4c2B3c2c-5ccc3c2oc2ccccc23)cc1. The van der Waals surface area contributed by atoms with Crippen molar-refractivity contribution in [3.05, 3.63) is 357 Å². The minimum absolute atomic E-state index is 0.0220. The Bertz CT molecular complexity index is 5980. The minimum Gasteiger partial charge on any atom is -0.457 e. The first-order valence-corrected chi connectivity index (χ1v) is 33.5. The van der Waals surface area contributed by atoms with Crippen LogP contribution in [0.15, 0.2) is 361 Å². The Balaban J connectivity index is 0.000000137. The molecule has 2 aliphatic heterocycles. The first-order chi connectivity index (χ1) is 48.6. The second kappa shape index (κ2) is 23.4. The molecule has 10 heteroatoms. The summed E-state index contributed by atoms with van der Waals surface area (Å²) in [5.41, 5.74) is 24.6. The van der Waals surface area contributed by atoms with Crippen LogP contribution in [0.25, 0.3) is 77.1 Å². The van der Waals surface area contributed by atoms with Crippen LogP contribution in [0.5, 0.6) is 0 Å². The first kappa shape index (κ1) is 56.8. The summed E-state index contributed by atoms with van der Waals surface area (Å²) in [5.74, 6) is 0. The third-order valence-electron chi connectivity index (χ3n) is 19.4. The highest BCUT2D eigenvalue weighted by Gasteiger charge is 2.43. The second-order valence-electron chi connectivity index (χ2n) is 24.9. The Morgan fingerprint density at radius 1 is 0.296 bits per heavy atom. The van der Waals surface area contributed by atoms with Crippen LogP contribution in [0.4, 0.5) is 68.2 Å². The molecule has 0 fully saturated rings. The number of benzene rings is 14. The summed E-state index contributed by atoms with van der Waals surface area (Å²) in [7, 11) is 0. The van der Waals surface area contributed by atoms with Crippen LogP contribution in [0.3, 0.4) is 0 Å². The highest BCUT2D eigenvalue weighted by molar-refractivity contribution is 7.01. The predicted octanol–water partition coefficient (Wildman–Crippen LogP) is 22.7. The zero-order chi connectivity index (χ0) is 64.8. The van der Waals surface area contributed by atoms with E-state index in [0.29, 0.717) is 5.02 Å². The van der Waals surface area contributed by atoms with E-state index in [1.165, 1.54) is 38.7 Å². The number of aromatic nitrogens is 2. The number of hydrogen-bond donors (Lipinski definition) is 0. The normalized spacial score (nSPS) is 12.1. The molecule has 18 aromatic rings. The molecule has 4 aromatic heterocycles. The van der Waals surface area contributed by atoms with Crippen LogP contribution in [-0.4, -0.2) is 15.8 Å². The summed E-state index contributed by atoms with van der Waals surface area (Å²) in [6.45, 7) is -0.0220. The van der Waals surface area contributed by atoms with Gasteiger partial charge in [0.2, 0.25) is 0 Å². The van der Waals surface area contributed by atoms with Crippen molar-refractivity contribution < 1.29 is 8.83 Å². The van der Waals surface area contributed by atoms with Gasteiger partial charge in [0.1, 0.15) is 22.3 Å². The second-order valence-corrected chi connectivity index (χ2v) is 25.3. The smallest absolute Gasteiger partial charge is 0.257 e. The number of rotatable bonds is 11. The van der Waals surface area contributed by atoms with Crippen LogP contribution in [0.1, 0.15) is 0 Å². The van der Waals surface area contributed by atoms with Gasteiger partial charge in [-0.3, -0.25) is 0 Å². The van der Waals surface area contributed by atoms with Crippen LogP contribution in [0.2, 0.25) is 5.02 Å². The van der Waals surface area contributed by atoms with Crippen molar-refractivity contribution in [3.63, 3.8) is 0 Å². The molecule has 14 aromatic carbocycles. The van der Waals surface area contributed by atoms with E-state index in [4.69, 9.17) is 20.4 Å². The van der Waals surface area contributed by atoms with Crippen molar-refractivity contribution in [2.75, 3.05) is 19.6 Å². The molecule has 462 valence electrons. The molecule has 0 unspecified atom stereocenters. The largest absolute Gasteiger partial charge is 0.457 e. The lowest BCUT2D eigenvalue weighted by molar-refractivity contribution is 0.668. The van der Waals surface area contributed by atoms with Gasteiger partial charge in [0.05, 0.1) is 21.7 Å². The number of fused-ring (bicyclic) bond motifs is 13. The molecule has 0 atom stereocenters. The molecule has 0 saturated heterocycles. The molecule has 0 aliphatic carbocycles. The van der Waals surface area contributed by atoms with Crippen LogP contribution >= 0.6 is 11.6 Å². The van der Waals surface area contributed by atoms with Crippen molar-refractivity contribution in [1.82, 2.24) is 9.13 Å². The van der Waals surface area contributed by atoms with E-state index < -0.39 is 0 Å². The highest BCUT2D eigenvalue weighted by atomic mass is 35.5. The van der Waals surface area contributed by atoms with Crippen molar-refractivity contribution >= 4 is 169 Å². The number of halogens is 1. The lowest BCUT2D eigenvalue weighted by atomic mass is 9.33. The van der Waals surface area contributed by atoms with Gasteiger partial charge in [0.15, 0.2) is 0 Å². The monoisotopic (exact) mass is 1280 g/mol. The van der Waals surface area contributed by atoms with Gasteiger partial charge in [-0.15, -0.1) is 0 Å². The Labute approximate surface area is 571 Å². The fourth-order valence-corrected chi connectivity index (χ4v) is 15.5. The molecule has 0 N–H and O–H groups in total. The molecule has 20 rings (SSSR count).